The average molecular weight is 207 g/mol. The Labute approximate surface area is 78.7 Å². The van der Waals surface area contributed by atoms with Crippen LogP contribution in [-0.2, 0) is 10.6 Å². The molecule has 0 atom stereocenters. The number of ether oxygens (including phenoxy) is 1. The zero-order chi connectivity index (χ0) is 8.97. The smallest absolute Gasteiger partial charge is 0.360 e. The molecular weight excluding hydrogens is 200 g/mol. The molecule has 0 saturated heterocycles. The summed E-state index contributed by atoms with van der Waals surface area (Å²) < 4.78 is 8.34. The van der Waals surface area contributed by atoms with E-state index in [1.807, 2.05) is 0 Å². The van der Waals surface area contributed by atoms with Gasteiger partial charge >= 0.3 is 5.97 Å². The molecule has 4 nitrogen and oxygen atoms in total. The molecule has 1 rings (SSSR count). The second kappa shape index (κ2) is 4.37. The Kier molecular flexibility index (Phi) is 3.43. The number of nitrogens with zero attached hydrogens (tertiary/aromatic N) is 2. The van der Waals surface area contributed by atoms with Gasteiger partial charge in [-0.2, -0.15) is 0 Å². The lowest BCUT2D eigenvalue weighted by Crippen LogP contribution is -2.07. The number of hydrogen-bond donors (Lipinski definition) is 0. The van der Waals surface area contributed by atoms with E-state index in [1.165, 1.54) is 0 Å². The molecule has 0 radical (unpaired) electrons. The highest BCUT2D eigenvalue weighted by atomic mass is 35.5. The highest BCUT2D eigenvalue weighted by molar-refractivity contribution is 7.06. The first kappa shape index (κ1) is 9.41. The van der Waals surface area contributed by atoms with E-state index in [0.29, 0.717) is 11.5 Å². The highest BCUT2D eigenvalue weighted by Gasteiger charge is 2.16. The van der Waals surface area contributed by atoms with Gasteiger partial charge in [0.15, 0.2) is 5.69 Å². The lowest BCUT2D eigenvalue weighted by atomic mass is 10.4. The van der Waals surface area contributed by atoms with E-state index in [1.54, 1.807) is 6.92 Å². The van der Waals surface area contributed by atoms with Gasteiger partial charge in [-0.15, -0.1) is 16.7 Å². The van der Waals surface area contributed by atoms with Crippen molar-refractivity contribution in [1.82, 2.24) is 9.59 Å². The molecule has 0 aliphatic heterocycles. The SMILES string of the molecule is CCOC(=O)c1nnsc1CCl. The fourth-order valence-electron chi connectivity index (χ4n) is 0.651. The van der Waals surface area contributed by atoms with Crippen LogP contribution >= 0.6 is 23.1 Å². The van der Waals surface area contributed by atoms with Crippen molar-refractivity contribution in [1.29, 1.82) is 0 Å². The molecule has 66 valence electrons. The third-order valence-corrected chi connectivity index (χ3v) is 2.29. The molecule has 0 unspecified atom stereocenters. The van der Waals surface area contributed by atoms with Crippen LogP contribution < -0.4 is 0 Å². The quantitative estimate of drug-likeness (QED) is 0.555. The molecule has 0 saturated carbocycles. The number of carbonyl (C=O) groups excluding carboxylic acids is 1. The molecule has 1 aromatic heterocycles. The molecule has 0 bridgehead atoms. The predicted octanol–water partition coefficient (Wildman–Crippen LogP) is 1.45. The first-order chi connectivity index (χ1) is 5.79. The standard InChI is InChI=1S/C6H7ClN2O2S/c1-2-11-6(10)5-4(3-7)12-9-8-5/h2-3H2,1H3. The summed E-state index contributed by atoms with van der Waals surface area (Å²) >= 11 is 6.65. The van der Waals surface area contributed by atoms with E-state index in [2.05, 4.69) is 9.59 Å². The van der Waals surface area contributed by atoms with Crippen LogP contribution in [0.2, 0.25) is 0 Å². The lowest BCUT2D eigenvalue weighted by molar-refractivity contribution is 0.0518. The molecule has 0 aliphatic rings. The summed E-state index contributed by atoms with van der Waals surface area (Å²) in [6.45, 7) is 2.07. The Bertz CT molecular complexity index is 276. The van der Waals surface area contributed by atoms with Gasteiger partial charge in [-0.3, -0.25) is 0 Å². The first-order valence-corrected chi connectivity index (χ1v) is 4.64. The van der Waals surface area contributed by atoms with Crippen molar-refractivity contribution in [2.45, 2.75) is 12.8 Å². The van der Waals surface area contributed by atoms with Crippen molar-refractivity contribution < 1.29 is 9.53 Å². The van der Waals surface area contributed by atoms with Crippen LogP contribution in [0.15, 0.2) is 0 Å². The van der Waals surface area contributed by atoms with Crippen LogP contribution in [0.3, 0.4) is 0 Å². The van der Waals surface area contributed by atoms with E-state index >= 15 is 0 Å². The number of alkyl halides is 1. The number of halogens is 1. The largest absolute Gasteiger partial charge is 0.461 e. The average Bonchev–Trinajstić information content (AvgIpc) is 2.51. The van der Waals surface area contributed by atoms with Crippen LogP contribution in [0.5, 0.6) is 0 Å². The number of aromatic nitrogens is 2. The van der Waals surface area contributed by atoms with Gasteiger partial charge in [0.05, 0.1) is 17.4 Å². The molecular formula is C6H7ClN2O2S. The summed E-state index contributed by atoms with van der Waals surface area (Å²) in [6, 6.07) is 0. The molecule has 0 spiro atoms. The maximum Gasteiger partial charge on any atom is 0.360 e. The number of carbonyl (C=O) groups is 1. The highest BCUT2D eigenvalue weighted by Crippen LogP contribution is 2.13. The van der Waals surface area contributed by atoms with Crippen LogP contribution in [0.25, 0.3) is 0 Å². The molecule has 12 heavy (non-hydrogen) atoms. The molecule has 1 heterocycles. The minimum absolute atomic E-state index is 0.233. The Balaban J connectivity index is 2.79. The number of esters is 1. The van der Waals surface area contributed by atoms with E-state index in [9.17, 15) is 4.79 Å². The van der Waals surface area contributed by atoms with Crippen molar-refractivity contribution in [3.8, 4) is 0 Å². The van der Waals surface area contributed by atoms with Gasteiger partial charge in [0.1, 0.15) is 0 Å². The molecule has 6 heteroatoms. The summed E-state index contributed by atoms with van der Waals surface area (Å²) in [6.07, 6.45) is 0. The van der Waals surface area contributed by atoms with Gasteiger partial charge < -0.3 is 4.74 Å². The molecule has 0 aromatic carbocycles. The third kappa shape index (κ3) is 1.92. The van der Waals surface area contributed by atoms with Gasteiger partial charge in [0.25, 0.3) is 0 Å². The van der Waals surface area contributed by atoms with E-state index in [-0.39, 0.29) is 11.6 Å². The third-order valence-electron chi connectivity index (χ3n) is 1.15. The number of rotatable bonds is 3. The minimum Gasteiger partial charge on any atom is -0.461 e. The van der Waals surface area contributed by atoms with Gasteiger partial charge in [0, 0.05) is 0 Å². The van der Waals surface area contributed by atoms with E-state index in [4.69, 9.17) is 16.3 Å². The zero-order valence-corrected chi connectivity index (χ0v) is 7.98. The minimum atomic E-state index is -0.457. The maximum atomic E-state index is 11.1. The van der Waals surface area contributed by atoms with Crippen molar-refractivity contribution in [2.24, 2.45) is 0 Å². The van der Waals surface area contributed by atoms with Crippen molar-refractivity contribution in [3.63, 3.8) is 0 Å². The van der Waals surface area contributed by atoms with Gasteiger partial charge in [0.2, 0.25) is 0 Å². The molecule has 0 amide bonds. The van der Waals surface area contributed by atoms with Gasteiger partial charge in [-0.1, -0.05) is 4.49 Å². The van der Waals surface area contributed by atoms with Crippen molar-refractivity contribution >= 4 is 29.1 Å². The Hall–Kier alpha value is -0.680. The second-order valence-corrected chi connectivity index (χ2v) is 3.00. The van der Waals surface area contributed by atoms with E-state index in [0.717, 1.165) is 11.5 Å². The van der Waals surface area contributed by atoms with Crippen LogP contribution in [0.4, 0.5) is 0 Å². The molecule has 0 fully saturated rings. The Morgan fingerprint density at radius 2 is 2.50 bits per heavy atom. The summed E-state index contributed by atoms with van der Waals surface area (Å²) in [5.41, 5.74) is 0.233. The van der Waals surface area contributed by atoms with Crippen molar-refractivity contribution in [3.05, 3.63) is 10.6 Å². The van der Waals surface area contributed by atoms with Crippen LogP contribution in [-0.4, -0.2) is 22.2 Å². The molecule has 1 aromatic rings. The fraction of sp³-hybridized carbons (Fsp3) is 0.500. The Morgan fingerprint density at radius 1 is 1.75 bits per heavy atom. The summed E-state index contributed by atoms with van der Waals surface area (Å²) in [5.74, 6) is -0.215. The summed E-state index contributed by atoms with van der Waals surface area (Å²) in [4.78, 5) is 11.8. The van der Waals surface area contributed by atoms with Gasteiger partial charge in [-0.25, -0.2) is 4.79 Å². The lowest BCUT2D eigenvalue weighted by Gasteiger charge is -1.97. The predicted molar refractivity (Wildman–Crippen MR) is 45.4 cm³/mol. The Morgan fingerprint density at radius 3 is 3.08 bits per heavy atom. The topological polar surface area (TPSA) is 52.1 Å². The summed E-state index contributed by atoms with van der Waals surface area (Å²) in [7, 11) is 0. The fourth-order valence-corrected chi connectivity index (χ4v) is 1.40. The number of hydrogen-bond acceptors (Lipinski definition) is 5. The van der Waals surface area contributed by atoms with Gasteiger partial charge in [-0.05, 0) is 18.5 Å². The molecule has 0 N–H and O–H groups in total. The first-order valence-electron chi connectivity index (χ1n) is 3.34. The zero-order valence-electron chi connectivity index (χ0n) is 6.41. The maximum absolute atomic E-state index is 11.1. The van der Waals surface area contributed by atoms with Crippen molar-refractivity contribution in [2.75, 3.05) is 6.61 Å². The molecule has 0 aliphatic carbocycles. The second-order valence-electron chi connectivity index (χ2n) is 1.90. The normalized spacial score (nSPS) is 9.83. The monoisotopic (exact) mass is 206 g/mol. The van der Waals surface area contributed by atoms with E-state index < -0.39 is 5.97 Å². The van der Waals surface area contributed by atoms with Crippen LogP contribution in [0, 0.1) is 0 Å². The van der Waals surface area contributed by atoms with Crippen LogP contribution in [0.1, 0.15) is 22.3 Å². The summed E-state index contributed by atoms with van der Waals surface area (Å²) in [5, 5.41) is 3.62.